The van der Waals surface area contributed by atoms with Crippen LogP contribution in [0.2, 0.25) is 0 Å². The number of halogens is 2. The molecule has 1 heterocycles. The molecular weight excluding hydrogens is 342 g/mol. The zero-order chi connectivity index (χ0) is 18.8. The van der Waals surface area contributed by atoms with E-state index in [2.05, 4.69) is 0 Å². The fraction of sp³-hybridized carbons (Fsp3) is 0.263. The summed E-state index contributed by atoms with van der Waals surface area (Å²) in [6.45, 7) is 2.07. The first-order chi connectivity index (χ1) is 12.4. The summed E-state index contributed by atoms with van der Waals surface area (Å²) in [4.78, 5) is 25.3. The molecule has 2 amide bonds. The monoisotopic (exact) mass is 360 g/mol. The molecule has 1 atom stereocenters. The predicted octanol–water partition coefficient (Wildman–Crippen LogP) is 2.42. The molecule has 0 saturated heterocycles. The first-order valence-electron chi connectivity index (χ1n) is 8.16. The van der Waals surface area contributed by atoms with E-state index >= 15 is 0 Å². The summed E-state index contributed by atoms with van der Waals surface area (Å²) in [6, 6.07) is 7.93. The van der Waals surface area contributed by atoms with E-state index in [9.17, 15) is 18.4 Å². The average Bonchev–Trinajstić information content (AvgIpc) is 2.62. The number of ether oxygens (including phenoxy) is 1. The molecule has 2 N–H and O–H groups in total. The first-order valence-corrected chi connectivity index (χ1v) is 8.16. The fourth-order valence-electron chi connectivity index (χ4n) is 2.89. The maximum Gasteiger partial charge on any atom is 0.254 e. The highest BCUT2D eigenvalue weighted by Crippen LogP contribution is 2.25. The molecule has 0 bridgehead atoms. The maximum absolute atomic E-state index is 13.2. The average molecular weight is 360 g/mol. The van der Waals surface area contributed by atoms with Crippen LogP contribution >= 0.6 is 0 Å². The molecule has 2 aromatic carbocycles. The molecule has 0 aliphatic carbocycles. The molecule has 136 valence electrons. The van der Waals surface area contributed by atoms with Crippen LogP contribution in [0.15, 0.2) is 36.4 Å². The van der Waals surface area contributed by atoms with Crippen molar-refractivity contribution in [1.82, 2.24) is 4.90 Å². The Balaban J connectivity index is 1.72. The third-order valence-corrected chi connectivity index (χ3v) is 4.46. The summed E-state index contributed by atoms with van der Waals surface area (Å²) in [6.07, 6.45) is 0.571. The number of amides is 2. The van der Waals surface area contributed by atoms with Crippen LogP contribution in [0.5, 0.6) is 5.75 Å². The highest BCUT2D eigenvalue weighted by atomic mass is 19.2. The van der Waals surface area contributed by atoms with E-state index in [1.54, 1.807) is 25.1 Å². The van der Waals surface area contributed by atoms with Gasteiger partial charge < -0.3 is 15.4 Å². The Hall–Kier alpha value is -2.96. The highest BCUT2D eigenvalue weighted by molar-refractivity contribution is 5.99. The summed E-state index contributed by atoms with van der Waals surface area (Å²) in [5.74, 6) is -2.10. The maximum atomic E-state index is 13.2. The molecular formula is C19H18F2N2O3. The van der Waals surface area contributed by atoms with Gasteiger partial charge in [0.15, 0.2) is 11.6 Å². The van der Waals surface area contributed by atoms with Crippen molar-refractivity contribution in [3.05, 3.63) is 64.7 Å². The molecule has 26 heavy (non-hydrogen) atoms. The van der Waals surface area contributed by atoms with Crippen molar-refractivity contribution in [2.75, 3.05) is 6.54 Å². The van der Waals surface area contributed by atoms with Crippen LogP contribution in [0, 0.1) is 11.6 Å². The van der Waals surface area contributed by atoms with Crippen molar-refractivity contribution in [2.45, 2.75) is 26.0 Å². The number of hydrogen-bond donors (Lipinski definition) is 1. The van der Waals surface area contributed by atoms with E-state index in [1.165, 1.54) is 11.0 Å². The number of fused-ring (bicyclic) bond motifs is 1. The number of primary amides is 1. The Morgan fingerprint density at radius 1 is 1.23 bits per heavy atom. The minimum Gasteiger partial charge on any atom is -0.489 e. The molecule has 0 aromatic heterocycles. The number of carbonyl (C=O) groups is 2. The van der Waals surface area contributed by atoms with Gasteiger partial charge in [0.2, 0.25) is 5.91 Å². The molecule has 1 aliphatic rings. The Bertz CT molecular complexity index is 870. The van der Waals surface area contributed by atoms with Crippen molar-refractivity contribution in [2.24, 2.45) is 5.73 Å². The third kappa shape index (κ3) is 3.51. The number of nitrogens with zero attached hydrogens (tertiary/aromatic N) is 1. The van der Waals surface area contributed by atoms with Crippen LogP contribution in [-0.4, -0.2) is 29.3 Å². The minimum atomic E-state index is -0.925. The van der Waals surface area contributed by atoms with E-state index in [0.29, 0.717) is 29.8 Å². The van der Waals surface area contributed by atoms with Crippen molar-refractivity contribution in [3.8, 4) is 5.75 Å². The summed E-state index contributed by atoms with van der Waals surface area (Å²) >= 11 is 0. The van der Waals surface area contributed by atoms with Crippen LogP contribution < -0.4 is 10.5 Å². The fourth-order valence-corrected chi connectivity index (χ4v) is 2.89. The van der Waals surface area contributed by atoms with Crippen LogP contribution in [-0.2, 0) is 17.8 Å². The van der Waals surface area contributed by atoms with Crippen molar-refractivity contribution < 1.29 is 23.1 Å². The molecule has 0 spiro atoms. The third-order valence-electron chi connectivity index (χ3n) is 4.46. The van der Waals surface area contributed by atoms with Gasteiger partial charge in [-0.25, -0.2) is 8.78 Å². The summed E-state index contributed by atoms with van der Waals surface area (Å²) in [5.41, 5.74) is 7.10. The Kier molecular flexibility index (Phi) is 4.88. The molecule has 1 aliphatic heterocycles. The second-order valence-corrected chi connectivity index (χ2v) is 6.18. The zero-order valence-corrected chi connectivity index (χ0v) is 14.2. The molecule has 5 nitrogen and oxygen atoms in total. The lowest BCUT2D eigenvalue weighted by Crippen LogP contribution is -2.49. The van der Waals surface area contributed by atoms with Gasteiger partial charge in [0.1, 0.15) is 18.4 Å². The standard InChI is InChI=1S/C19H18F2N2O3/c1-11(18(22)24)23-7-6-13-9-14(3-4-15(13)19(23)25)26-10-12-2-5-16(20)17(21)8-12/h2-5,8-9,11H,6-7,10H2,1H3,(H2,22,24)/t11-/m0/s1. The van der Waals surface area contributed by atoms with Crippen LogP contribution in [0.1, 0.15) is 28.4 Å². The smallest absolute Gasteiger partial charge is 0.254 e. The van der Waals surface area contributed by atoms with Gasteiger partial charge in [-0.3, -0.25) is 9.59 Å². The van der Waals surface area contributed by atoms with Gasteiger partial charge >= 0.3 is 0 Å². The van der Waals surface area contributed by atoms with Gasteiger partial charge in [0.05, 0.1) is 0 Å². The van der Waals surface area contributed by atoms with E-state index in [0.717, 1.165) is 17.7 Å². The Morgan fingerprint density at radius 2 is 2.00 bits per heavy atom. The van der Waals surface area contributed by atoms with Crippen molar-refractivity contribution >= 4 is 11.8 Å². The molecule has 7 heteroatoms. The van der Waals surface area contributed by atoms with Gasteiger partial charge in [-0.05, 0) is 54.8 Å². The number of rotatable bonds is 5. The number of benzene rings is 2. The molecule has 0 radical (unpaired) electrons. The SMILES string of the molecule is C[C@@H](C(N)=O)N1CCc2cc(OCc3ccc(F)c(F)c3)ccc2C1=O. The van der Waals surface area contributed by atoms with Gasteiger partial charge in [0, 0.05) is 12.1 Å². The first kappa shape index (κ1) is 17.8. The van der Waals surface area contributed by atoms with Crippen LogP contribution in [0.4, 0.5) is 8.78 Å². The molecule has 0 fully saturated rings. The minimum absolute atomic E-state index is 0.0781. The second-order valence-electron chi connectivity index (χ2n) is 6.18. The number of hydrogen-bond acceptors (Lipinski definition) is 3. The highest BCUT2D eigenvalue weighted by Gasteiger charge is 2.30. The Labute approximate surface area is 149 Å². The number of nitrogens with two attached hydrogens (primary N) is 1. The Morgan fingerprint density at radius 3 is 2.69 bits per heavy atom. The lowest BCUT2D eigenvalue weighted by molar-refractivity contribution is -0.122. The van der Waals surface area contributed by atoms with E-state index in [-0.39, 0.29) is 12.5 Å². The lowest BCUT2D eigenvalue weighted by Gasteiger charge is -2.32. The van der Waals surface area contributed by atoms with Crippen molar-refractivity contribution in [1.29, 1.82) is 0 Å². The zero-order valence-electron chi connectivity index (χ0n) is 14.2. The predicted molar refractivity (Wildman–Crippen MR) is 90.5 cm³/mol. The topological polar surface area (TPSA) is 72.6 Å². The second kappa shape index (κ2) is 7.11. The molecule has 0 saturated carbocycles. The molecule has 0 unspecified atom stereocenters. The largest absolute Gasteiger partial charge is 0.489 e. The van der Waals surface area contributed by atoms with Crippen molar-refractivity contribution in [3.63, 3.8) is 0 Å². The van der Waals surface area contributed by atoms with Gasteiger partial charge in [-0.2, -0.15) is 0 Å². The molecule has 2 aromatic rings. The van der Waals surface area contributed by atoms with E-state index < -0.39 is 23.6 Å². The van der Waals surface area contributed by atoms with E-state index in [1.807, 2.05) is 0 Å². The van der Waals surface area contributed by atoms with E-state index in [4.69, 9.17) is 10.5 Å². The normalized spacial score (nSPS) is 14.7. The van der Waals surface area contributed by atoms with Crippen LogP contribution in [0.25, 0.3) is 0 Å². The summed E-state index contributed by atoms with van der Waals surface area (Å²) in [5, 5.41) is 0. The molecule has 3 rings (SSSR count). The van der Waals surface area contributed by atoms with Gasteiger partial charge in [-0.1, -0.05) is 6.07 Å². The summed E-state index contributed by atoms with van der Waals surface area (Å²) < 4.78 is 31.8. The van der Waals surface area contributed by atoms with Gasteiger partial charge in [-0.15, -0.1) is 0 Å². The summed E-state index contributed by atoms with van der Waals surface area (Å²) in [7, 11) is 0. The lowest BCUT2D eigenvalue weighted by atomic mass is 9.97. The quantitative estimate of drug-likeness (QED) is 0.890. The van der Waals surface area contributed by atoms with Gasteiger partial charge in [0.25, 0.3) is 5.91 Å². The number of carbonyl (C=O) groups excluding carboxylic acids is 2. The van der Waals surface area contributed by atoms with Crippen LogP contribution in [0.3, 0.4) is 0 Å².